The van der Waals surface area contributed by atoms with E-state index in [4.69, 9.17) is 4.42 Å². The van der Waals surface area contributed by atoms with E-state index in [1.807, 2.05) is 19.1 Å². The lowest BCUT2D eigenvalue weighted by atomic mass is 9.97. The van der Waals surface area contributed by atoms with Gasteiger partial charge in [-0.2, -0.15) is 0 Å². The molecule has 0 fully saturated rings. The SMILES string of the molecule is Cc1ccc([C@H](NCc2cc(=O)oc3cc(C)c(C)cc23)c2ccccc2)cc1. The average molecular weight is 383 g/mol. The maximum Gasteiger partial charge on any atom is 0.336 e. The molecule has 29 heavy (non-hydrogen) atoms. The maximum atomic E-state index is 12.1. The Hall–Kier alpha value is -3.17. The molecule has 4 rings (SSSR count). The van der Waals surface area contributed by atoms with Crippen molar-refractivity contribution in [3.63, 3.8) is 0 Å². The predicted molar refractivity (Wildman–Crippen MR) is 118 cm³/mol. The summed E-state index contributed by atoms with van der Waals surface area (Å²) in [5.74, 6) is 0. The molecule has 0 unspecified atom stereocenters. The fourth-order valence-corrected chi connectivity index (χ4v) is 3.67. The van der Waals surface area contributed by atoms with Crippen LogP contribution in [0.2, 0.25) is 0 Å². The van der Waals surface area contributed by atoms with Crippen LogP contribution >= 0.6 is 0 Å². The van der Waals surface area contributed by atoms with Gasteiger partial charge >= 0.3 is 5.63 Å². The van der Waals surface area contributed by atoms with Crippen LogP contribution in [0.4, 0.5) is 0 Å². The summed E-state index contributed by atoms with van der Waals surface area (Å²) >= 11 is 0. The van der Waals surface area contributed by atoms with E-state index in [1.165, 1.54) is 22.3 Å². The van der Waals surface area contributed by atoms with Gasteiger partial charge in [-0.05, 0) is 60.7 Å². The molecule has 3 heteroatoms. The highest BCUT2D eigenvalue weighted by Gasteiger charge is 2.15. The van der Waals surface area contributed by atoms with Gasteiger partial charge in [0.05, 0.1) is 6.04 Å². The number of nitrogens with one attached hydrogen (secondary N) is 1. The van der Waals surface area contributed by atoms with Crippen molar-refractivity contribution in [3.05, 3.63) is 117 Å². The van der Waals surface area contributed by atoms with Gasteiger partial charge in [-0.3, -0.25) is 0 Å². The van der Waals surface area contributed by atoms with Gasteiger partial charge in [-0.1, -0.05) is 60.2 Å². The summed E-state index contributed by atoms with van der Waals surface area (Å²) in [5.41, 5.74) is 7.20. The first kappa shape index (κ1) is 19.2. The normalized spacial score (nSPS) is 12.2. The quantitative estimate of drug-likeness (QED) is 0.456. The molecule has 0 amide bonds. The highest BCUT2D eigenvalue weighted by atomic mass is 16.4. The van der Waals surface area contributed by atoms with E-state index in [0.29, 0.717) is 12.1 Å². The molecular formula is C26H25NO2. The Labute approximate surface area is 171 Å². The van der Waals surface area contributed by atoms with Gasteiger partial charge in [-0.15, -0.1) is 0 Å². The lowest BCUT2D eigenvalue weighted by Crippen LogP contribution is -2.22. The van der Waals surface area contributed by atoms with Gasteiger partial charge < -0.3 is 9.73 Å². The van der Waals surface area contributed by atoms with Crippen LogP contribution in [0.1, 0.15) is 39.4 Å². The molecule has 0 radical (unpaired) electrons. The smallest absolute Gasteiger partial charge is 0.336 e. The van der Waals surface area contributed by atoms with E-state index in [1.54, 1.807) is 6.07 Å². The first-order chi connectivity index (χ1) is 14.0. The largest absolute Gasteiger partial charge is 0.423 e. The van der Waals surface area contributed by atoms with Crippen LogP contribution in [0.3, 0.4) is 0 Å². The third kappa shape index (κ3) is 4.15. The van der Waals surface area contributed by atoms with Crippen molar-refractivity contribution < 1.29 is 4.42 Å². The van der Waals surface area contributed by atoms with Gasteiger partial charge in [0.25, 0.3) is 0 Å². The molecule has 0 aliphatic heterocycles. The lowest BCUT2D eigenvalue weighted by Gasteiger charge is -2.21. The monoisotopic (exact) mass is 383 g/mol. The van der Waals surface area contributed by atoms with Crippen LogP contribution in [0, 0.1) is 20.8 Å². The third-order valence-electron chi connectivity index (χ3n) is 5.48. The molecule has 1 aromatic heterocycles. The van der Waals surface area contributed by atoms with E-state index in [9.17, 15) is 4.79 Å². The Morgan fingerprint density at radius 2 is 1.48 bits per heavy atom. The van der Waals surface area contributed by atoms with Crippen molar-refractivity contribution in [2.24, 2.45) is 0 Å². The summed E-state index contributed by atoms with van der Waals surface area (Å²) in [7, 11) is 0. The predicted octanol–water partition coefficient (Wildman–Crippen LogP) is 5.60. The van der Waals surface area contributed by atoms with Crippen molar-refractivity contribution in [3.8, 4) is 0 Å². The summed E-state index contributed by atoms with van der Waals surface area (Å²) < 4.78 is 5.44. The fourth-order valence-electron chi connectivity index (χ4n) is 3.67. The van der Waals surface area contributed by atoms with Crippen LogP contribution in [0.15, 0.2) is 82.0 Å². The number of rotatable bonds is 5. The molecule has 0 aliphatic carbocycles. The highest BCUT2D eigenvalue weighted by Crippen LogP contribution is 2.25. The number of hydrogen-bond donors (Lipinski definition) is 1. The van der Waals surface area contributed by atoms with Gasteiger partial charge in [0.1, 0.15) is 5.58 Å². The Kier molecular flexibility index (Phi) is 5.32. The first-order valence-electron chi connectivity index (χ1n) is 9.90. The average Bonchev–Trinajstić information content (AvgIpc) is 2.71. The topological polar surface area (TPSA) is 42.2 Å². The van der Waals surface area contributed by atoms with Crippen molar-refractivity contribution in [1.82, 2.24) is 5.32 Å². The molecule has 4 aromatic rings. The molecule has 0 spiro atoms. The van der Waals surface area contributed by atoms with Crippen molar-refractivity contribution >= 4 is 11.0 Å². The molecule has 3 aromatic carbocycles. The molecule has 146 valence electrons. The second-order valence-corrected chi connectivity index (χ2v) is 7.66. The molecule has 1 atom stereocenters. The second kappa shape index (κ2) is 8.06. The highest BCUT2D eigenvalue weighted by molar-refractivity contribution is 5.81. The van der Waals surface area contributed by atoms with Gasteiger partial charge in [-0.25, -0.2) is 4.79 Å². The zero-order valence-electron chi connectivity index (χ0n) is 17.0. The first-order valence-corrected chi connectivity index (χ1v) is 9.90. The Bertz CT molecular complexity index is 1190. The van der Waals surface area contributed by atoms with Gasteiger partial charge in [0, 0.05) is 18.0 Å². The Morgan fingerprint density at radius 3 is 2.21 bits per heavy atom. The van der Waals surface area contributed by atoms with E-state index < -0.39 is 0 Å². The summed E-state index contributed by atoms with van der Waals surface area (Å²) in [6, 6.07) is 24.6. The molecule has 0 bridgehead atoms. The van der Waals surface area contributed by atoms with E-state index in [2.05, 4.69) is 73.8 Å². The van der Waals surface area contributed by atoms with Crippen LogP contribution in [0.25, 0.3) is 11.0 Å². The lowest BCUT2D eigenvalue weighted by molar-refractivity contribution is 0.552. The fraction of sp³-hybridized carbons (Fsp3) is 0.192. The van der Waals surface area contributed by atoms with E-state index >= 15 is 0 Å². The Balaban J connectivity index is 1.72. The standard InChI is InChI=1S/C26H25NO2/c1-17-9-11-21(12-10-17)26(20-7-5-4-6-8-20)27-16-22-15-25(28)29-24-14-19(3)18(2)13-23(22)24/h4-15,26-27H,16H2,1-3H3/t26-/m1/s1. The number of aryl methyl sites for hydroxylation is 3. The van der Waals surface area contributed by atoms with Crippen LogP contribution in [0.5, 0.6) is 0 Å². The summed E-state index contributed by atoms with van der Waals surface area (Å²) in [5, 5.41) is 4.64. The summed E-state index contributed by atoms with van der Waals surface area (Å²) in [6.45, 7) is 6.77. The van der Waals surface area contributed by atoms with E-state index in [0.717, 1.165) is 16.5 Å². The number of hydrogen-bond acceptors (Lipinski definition) is 3. The molecular weight excluding hydrogens is 358 g/mol. The minimum absolute atomic E-state index is 0.0330. The number of benzene rings is 3. The number of fused-ring (bicyclic) bond motifs is 1. The zero-order chi connectivity index (χ0) is 20.4. The van der Waals surface area contributed by atoms with Gasteiger partial charge in [0.2, 0.25) is 0 Å². The molecule has 0 aliphatic rings. The molecule has 3 nitrogen and oxygen atoms in total. The van der Waals surface area contributed by atoms with Crippen molar-refractivity contribution in [2.45, 2.75) is 33.4 Å². The maximum absolute atomic E-state index is 12.1. The molecule has 0 saturated carbocycles. The van der Waals surface area contributed by atoms with Crippen molar-refractivity contribution in [1.29, 1.82) is 0 Å². The van der Waals surface area contributed by atoms with Crippen LogP contribution < -0.4 is 10.9 Å². The zero-order valence-corrected chi connectivity index (χ0v) is 17.0. The minimum atomic E-state index is -0.316. The summed E-state index contributed by atoms with van der Waals surface area (Å²) in [4.78, 5) is 12.1. The molecule has 1 heterocycles. The third-order valence-corrected chi connectivity index (χ3v) is 5.48. The van der Waals surface area contributed by atoms with Crippen molar-refractivity contribution in [2.75, 3.05) is 0 Å². The van der Waals surface area contributed by atoms with Gasteiger partial charge in [0.15, 0.2) is 0 Å². The van der Waals surface area contributed by atoms with Crippen LogP contribution in [-0.4, -0.2) is 0 Å². The van der Waals surface area contributed by atoms with E-state index in [-0.39, 0.29) is 11.7 Å². The minimum Gasteiger partial charge on any atom is -0.423 e. The summed E-state index contributed by atoms with van der Waals surface area (Å²) in [6.07, 6.45) is 0. The Morgan fingerprint density at radius 1 is 0.828 bits per heavy atom. The van der Waals surface area contributed by atoms with Crippen LogP contribution in [-0.2, 0) is 6.54 Å². The second-order valence-electron chi connectivity index (χ2n) is 7.66. The molecule has 1 N–H and O–H groups in total. The molecule has 0 saturated heterocycles.